The quantitative estimate of drug-likeness (QED) is 0.914. The van der Waals surface area contributed by atoms with Gasteiger partial charge in [0.2, 0.25) is 0 Å². The highest BCUT2D eigenvalue weighted by atomic mass is 16.5. The Morgan fingerprint density at radius 1 is 1.35 bits per heavy atom. The molecule has 1 aliphatic heterocycles. The number of carboxylic acids is 1. The van der Waals surface area contributed by atoms with Gasteiger partial charge in [0.15, 0.2) is 0 Å². The fraction of sp³-hybridized carbons (Fsp3) is 0.562. The molecule has 20 heavy (non-hydrogen) atoms. The molecule has 1 atom stereocenters. The van der Waals surface area contributed by atoms with Crippen LogP contribution in [-0.2, 0) is 16.1 Å². The van der Waals surface area contributed by atoms with E-state index in [1.165, 1.54) is 5.56 Å². The maximum Gasteiger partial charge on any atom is 0.312 e. The average Bonchev–Trinajstić information content (AvgIpc) is 2.38. The first-order chi connectivity index (χ1) is 9.71. The first-order valence-electron chi connectivity index (χ1n) is 7.32. The van der Waals surface area contributed by atoms with E-state index in [9.17, 15) is 9.90 Å². The van der Waals surface area contributed by atoms with Crippen LogP contribution in [0.2, 0.25) is 0 Å². The number of hydrogen-bond acceptors (Lipinski definition) is 3. The summed E-state index contributed by atoms with van der Waals surface area (Å²) in [5.41, 5.74) is 0.640. The van der Waals surface area contributed by atoms with E-state index in [4.69, 9.17) is 4.74 Å². The lowest BCUT2D eigenvalue weighted by Gasteiger charge is -2.47. The largest absolute Gasteiger partial charge is 0.481 e. The zero-order valence-corrected chi connectivity index (χ0v) is 11.6. The van der Waals surface area contributed by atoms with Crippen molar-refractivity contribution in [3.05, 3.63) is 35.9 Å². The van der Waals surface area contributed by atoms with E-state index in [2.05, 4.69) is 17.0 Å². The van der Waals surface area contributed by atoms with Crippen molar-refractivity contribution in [2.24, 2.45) is 5.41 Å². The topological polar surface area (TPSA) is 49.8 Å². The molecule has 1 N–H and O–H groups in total. The normalized spacial score (nSPS) is 25.9. The summed E-state index contributed by atoms with van der Waals surface area (Å²) in [6.07, 6.45) is 2.36. The molecule has 0 spiro atoms. The van der Waals surface area contributed by atoms with Crippen LogP contribution in [0.4, 0.5) is 0 Å². The van der Waals surface area contributed by atoms with E-state index in [0.29, 0.717) is 6.61 Å². The molecule has 4 nitrogen and oxygen atoms in total. The molecule has 1 unspecified atom stereocenters. The molecule has 0 radical (unpaired) electrons. The number of carbonyl (C=O) groups is 1. The number of morpholine rings is 1. The van der Waals surface area contributed by atoms with Crippen LogP contribution in [0.1, 0.15) is 24.8 Å². The van der Waals surface area contributed by atoms with E-state index >= 15 is 0 Å². The van der Waals surface area contributed by atoms with Crippen molar-refractivity contribution in [1.29, 1.82) is 0 Å². The molecule has 3 rings (SSSR count). The molecular weight excluding hydrogens is 254 g/mol. The zero-order chi connectivity index (χ0) is 14.0. The second-order valence-electron chi connectivity index (χ2n) is 5.89. The lowest BCUT2D eigenvalue weighted by atomic mass is 9.64. The molecule has 0 aromatic heterocycles. The fourth-order valence-electron chi connectivity index (χ4n) is 3.25. The van der Waals surface area contributed by atoms with Crippen LogP contribution in [0, 0.1) is 5.41 Å². The van der Waals surface area contributed by atoms with Crippen molar-refractivity contribution in [3.8, 4) is 0 Å². The molecule has 2 fully saturated rings. The third-order valence-electron chi connectivity index (χ3n) is 4.69. The Hall–Kier alpha value is -1.39. The molecule has 1 aromatic carbocycles. The SMILES string of the molecule is O=C(O)C1(C2CN(Cc3ccccc3)CCO2)CCC1. The van der Waals surface area contributed by atoms with Gasteiger partial charge in [-0.1, -0.05) is 36.8 Å². The summed E-state index contributed by atoms with van der Waals surface area (Å²) in [6, 6.07) is 10.3. The van der Waals surface area contributed by atoms with Gasteiger partial charge < -0.3 is 9.84 Å². The monoisotopic (exact) mass is 275 g/mol. The van der Waals surface area contributed by atoms with Crippen LogP contribution in [-0.4, -0.2) is 41.8 Å². The molecule has 1 aliphatic carbocycles. The highest BCUT2D eigenvalue weighted by molar-refractivity contribution is 5.76. The molecule has 1 saturated carbocycles. The van der Waals surface area contributed by atoms with E-state index in [0.717, 1.165) is 38.9 Å². The van der Waals surface area contributed by atoms with E-state index in [-0.39, 0.29) is 6.10 Å². The van der Waals surface area contributed by atoms with Gasteiger partial charge in [-0.15, -0.1) is 0 Å². The molecular formula is C16H21NO3. The standard InChI is InChI=1S/C16H21NO3/c18-15(19)16(7-4-8-16)14-12-17(9-10-20-14)11-13-5-2-1-3-6-13/h1-3,5-6,14H,4,7-12H2,(H,18,19). The molecule has 108 valence electrons. The van der Waals surface area contributed by atoms with Crippen molar-refractivity contribution >= 4 is 5.97 Å². The number of carboxylic acid groups (broad SMARTS) is 1. The Labute approximate surface area is 119 Å². The van der Waals surface area contributed by atoms with Crippen molar-refractivity contribution in [3.63, 3.8) is 0 Å². The van der Waals surface area contributed by atoms with Gasteiger partial charge in [-0.3, -0.25) is 9.69 Å². The van der Waals surface area contributed by atoms with Crippen molar-refractivity contribution < 1.29 is 14.6 Å². The zero-order valence-electron chi connectivity index (χ0n) is 11.6. The third-order valence-corrected chi connectivity index (χ3v) is 4.69. The second-order valence-corrected chi connectivity index (χ2v) is 5.89. The lowest BCUT2D eigenvalue weighted by Crippen LogP contribution is -2.56. The Kier molecular flexibility index (Phi) is 3.76. The first kappa shape index (κ1) is 13.6. The number of hydrogen-bond donors (Lipinski definition) is 1. The summed E-state index contributed by atoms with van der Waals surface area (Å²) in [7, 11) is 0. The summed E-state index contributed by atoms with van der Waals surface area (Å²) < 4.78 is 5.79. The smallest absolute Gasteiger partial charge is 0.312 e. The van der Waals surface area contributed by atoms with Crippen LogP contribution >= 0.6 is 0 Å². The number of nitrogens with zero attached hydrogens (tertiary/aromatic N) is 1. The minimum Gasteiger partial charge on any atom is -0.481 e. The predicted octanol–water partition coefficient (Wildman–Crippen LogP) is 2.14. The summed E-state index contributed by atoms with van der Waals surface area (Å²) in [4.78, 5) is 13.9. The van der Waals surface area contributed by atoms with Crippen LogP contribution in [0.3, 0.4) is 0 Å². The van der Waals surface area contributed by atoms with Gasteiger partial charge in [0.1, 0.15) is 0 Å². The molecule has 2 aliphatic rings. The predicted molar refractivity (Wildman–Crippen MR) is 75.4 cm³/mol. The molecule has 1 aromatic rings. The number of ether oxygens (including phenoxy) is 1. The maximum atomic E-state index is 11.6. The Bertz CT molecular complexity index is 470. The molecule has 4 heteroatoms. The van der Waals surface area contributed by atoms with Gasteiger partial charge in [-0.05, 0) is 18.4 Å². The number of rotatable bonds is 4. The highest BCUT2D eigenvalue weighted by Crippen LogP contribution is 2.46. The summed E-state index contributed by atoms with van der Waals surface area (Å²) in [5.74, 6) is -0.685. The number of benzene rings is 1. The number of aliphatic carboxylic acids is 1. The van der Waals surface area contributed by atoms with E-state index < -0.39 is 11.4 Å². The van der Waals surface area contributed by atoms with Gasteiger partial charge in [0, 0.05) is 19.6 Å². The lowest BCUT2D eigenvalue weighted by molar-refractivity contribution is -0.179. The van der Waals surface area contributed by atoms with Gasteiger partial charge in [0.05, 0.1) is 18.1 Å². The van der Waals surface area contributed by atoms with Gasteiger partial charge in [0.25, 0.3) is 0 Å². The van der Waals surface area contributed by atoms with E-state index in [1.807, 2.05) is 18.2 Å². The summed E-state index contributed by atoms with van der Waals surface area (Å²) in [6.45, 7) is 3.10. The minimum atomic E-state index is -0.685. The fourth-order valence-corrected chi connectivity index (χ4v) is 3.25. The minimum absolute atomic E-state index is 0.161. The first-order valence-corrected chi connectivity index (χ1v) is 7.32. The van der Waals surface area contributed by atoms with E-state index in [1.54, 1.807) is 0 Å². The molecule has 1 saturated heterocycles. The van der Waals surface area contributed by atoms with Crippen molar-refractivity contribution in [2.45, 2.75) is 31.9 Å². The Morgan fingerprint density at radius 2 is 2.10 bits per heavy atom. The van der Waals surface area contributed by atoms with Crippen LogP contribution in [0.25, 0.3) is 0 Å². The van der Waals surface area contributed by atoms with Crippen molar-refractivity contribution in [2.75, 3.05) is 19.7 Å². The van der Waals surface area contributed by atoms with Gasteiger partial charge >= 0.3 is 5.97 Å². The molecule has 0 amide bonds. The Balaban J connectivity index is 1.66. The maximum absolute atomic E-state index is 11.6. The van der Waals surface area contributed by atoms with Crippen LogP contribution < -0.4 is 0 Å². The van der Waals surface area contributed by atoms with Crippen LogP contribution in [0.15, 0.2) is 30.3 Å². The van der Waals surface area contributed by atoms with Crippen molar-refractivity contribution in [1.82, 2.24) is 4.90 Å². The average molecular weight is 275 g/mol. The molecule has 0 bridgehead atoms. The summed E-state index contributed by atoms with van der Waals surface area (Å²) >= 11 is 0. The van der Waals surface area contributed by atoms with Gasteiger partial charge in [-0.2, -0.15) is 0 Å². The third kappa shape index (κ3) is 2.45. The second kappa shape index (κ2) is 5.54. The van der Waals surface area contributed by atoms with Gasteiger partial charge in [-0.25, -0.2) is 0 Å². The van der Waals surface area contributed by atoms with Crippen LogP contribution in [0.5, 0.6) is 0 Å². The Morgan fingerprint density at radius 3 is 2.70 bits per heavy atom. The summed E-state index contributed by atoms with van der Waals surface area (Å²) in [5, 5.41) is 9.51. The highest BCUT2D eigenvalue weighted by Gasteiger charge is 2.52. The molecule has 1 heterocycles.